The highest BCUT2D eigenvalue weighted by atomic mass is 127. The van der Waals surface area contributed by atoms with Crippen molar-refractivity contribution in [2.75, 3.05) is 13.7 Å². The van der Waals surface area contributed by atoms with E-state index in [0.29, 0.717) is 25.2 Å². The van der Waals surface area contributed by atoms with E-state index in [1.807, 2.05) is 25.1 Å². The number of nitrogens with zero attached hydrogens (tertiary/aromatic N) is 1. The molecule has 0 radical (unpaired) electrons. The van der Waals surface area contributed by atoms with E-state index in [9.17, 15) is 0 Å². The van der Waals surface area contributed by atoms with Crippen LogP contribution in [0.1, 0.15) is 38.2 Å². The number of nitrogens with two attached hydrogens (primary N) is 1. The fourth-order valence-electron chi connectivity index (χ4n) is 2.56. The summed E-state index contributed by atoms with van der Waals surface area (Å²) in [6, 6.07) is 5.84. The van der Waals surface area contributed by atoms with Crippen LogP contribution in [0.15, 0.2) is 35.3 Å². The lowest BCUT2D eigenvalue weighted by Gasteiger charge is -2.17. The monoisotopic (exact) mass is 445 g/mol. The lowest BCUT2D eigenvalue weighted by atomic mass is 10.2. The molecule has 6 heteroatoms. The minimum atomic E-state index is 0. The van der Waals surface area contributed by atoms with Crippen LogP contribution < -0.4 is 20.5 Å². The third-order valence-corrected chi connectivity index (χ3v) is 3.86. The van der Waals surface area contributed by atoms with Crippen LogP contribution in [0.2, 0.25) is 0 Å². The van der Waals surface area contributed by atoms with Gasteiger partial charge in [0.05, 0.1) is 19.8 Å². The van der Waals surface area contributed by atoms with Crippen molar-refractivity contribution in [3.05, 3.63) is 35.9 Å². The van der Waals surface area contributed by atoms with Gasteiger partial charge in [0.1, 0.15) is 11.5 Å². The zero-order chi connectivity index (χ0) is 16.7. The van der Waals surface area contributed by atoms with Crippen molar-refractivity contribution in [3.63, 3.8) is 0 Å². The largest absolute Gasteiger partial charge is 0.497 e. The summed E-state index contributed by atoms with van der Waals surface area (Å²) in [4.78, 5) is 4.38. The number of rotatable bonds is 7. The molecule has 5 nitrogen and oxygen atoms in total. The van der Waals surface area contributed by atoms with Crippen molar-refractivity contribution in [1.82, 2.24) is 5.32 Å². The maximum absolute atomic E-state index is 6.15. The van der Waals surface area contributed by atoms with Gasteiger partial charge in [0, 0.05) is 18.2 Å². The second-order valence-corrected chi connectivity index (χ2v) is 6.01. The van der Waals surface area contributed by atoms with Gasteiger partial charge in [-0.05, 0) is 44.7 Å². The molecule has 3 N–H and O–H groups in total. The molecular formula is C18H28IN3O2. The van der Waals surface area contributed by atoms with E-state index >= 15 is 0 Å². The summed E-state index contributed by atoms with van der Waals surface area (Å²) in [7, 11) is 1.66. The van der Waals surface area contributed by atoms with E-state index in [0.717, 1.165) is 35.5 Å². The maximum atomic E-state index is 6.15. The van der Waals surface area contributed by atoms with Crippen LogP contribution in [-0.2, 0) is 6.54 Å². The van der Waals surface area contributed by atoms with Crippen LogP contribution in [0.5, 0.6) is 11.5 Å². The lowest BCUT2D eigenvalue weighted by Crippen LogP contribution is -2.32. The van der Waals surface area contributed by atoms with Crippen LogP contribution >= 0.6 is 24.0 Å². The van der Waals surface area contributed by atoms with Gasteiger partial charge in [-0.15, -0.1) is 24.0 Å². The topological polar surface area (TPSA) is 68.9 Å². The molecule has 0 spiro atoms. The maximum Gasteiger partial charge on any atom is 0.189 e. The minimum Gasteiger partial charge on any atom is -0.497 e. The number of benzene rings is 1. The molecule has 1 saturated carbocycles. The summed E-state index contributed by atoms with van der Waals surface area (Å²) in [5.41, 5.74) is 7.90. The van der Waals surface area contributed by atoms with Gasteiger partial charge in [-0.25, -0.2) is 4.99 Å². The van der Waals surface area contributed by atoms with Crippen molar-refractivity contribution in [1.29, 1.82) is 0 Å². The van der Waals surface area contributed by atoms with Gasteiger partial charge in [-0.3, -0.25) is 0 Å². The fraction of sp³-hybridized carbons (Fsp3) is 0.500. The summed E-state index contributed by atoms with van der Waals surface area (Å²) in [6.07, 6.45) is 4.99. The second-order valence-electron chi connectivity index (χ2n) is 6.01. The van der Waals surface area contributed by atoms with Gasteiger partial charge in [0.2, 0.25) is 0 Å². The van der Waals surface area contributed by atoms with Gasteiger partial charge in [-0.1, -0.05) is 12.2 Å². The molecule has 1 aliphatic rings. The molecule has 24 heavy (non-hydrogen) atoms. The number of guanidine groups is 1. The zero-order valence-electron chi connectivity index (χ0n) is 14.5. The molecule has 0 saturated heterocycles. The molecule has 0 heterocycles. The first-order valence-electron chi connectivity index (χ1n) is 8.10. The first-order valence-corrected chi connectivity index (χ1v) is 8.10. The molecule has 1 aromatic carbocycles. The number of halogens is 1. The number of nitrogens with one attached hydrogen (secondary N) is 1. The standard InChI is InChI=1S/C18H27N3O2.HI/c1-13(2)11-20-18(19)21-12-14-8-9-16(22-3)10-17(14)23-15-6-4-5-7-15;/h8-10,15H,1,4-7,11-12H2,2-3H3,(H3,19,20,21);1H. The zero-order valence-corrected chi connectivity index (χ0v) is 16.8. The Labute approximate surface area is 161 Å². The summed E-state index contributed by atoms with van der Waals surface area (Å²) < 4.78 is 11.5. The fourth-order valence-corrected chi connectivity index (χ4v) is 2.56. The Balaban J connectivity index is 0.00000288. The van der Waals surface area contributed by atoms with E-state index < -0.39 is 0 Å². The normalized spacial score (nSPS) is 14.8. The van der Waals surface area contributed by atoms with Crippen LogP contribution in [0, 0.1) is 0 Å². The molecule has 0 amide bonds. The van der Waals surface area contributed by atoms with E-state index in [-0.39, 0.29) is 24.0 Å². The minimum absolute atomic E-state index is 0. The highest BCUT2D eigenvalue weighted by molar-refractivity contribution is 14.0. The Bertz CT molecular complexity index is 569. The Morgan fingerprint density at radius 2 is 2.08 bits per heavy atom. The van der Waals surface area contributed by atoms with E-state index in [1.54, 1.807) is 7.11 Å². The van der Waals surface area contributed by atoms with E-state index in [1.165, 1.54) is 12.8 Å². The molecule has 1 aliphatic carbocycles. The predicted molar refractivity (Wildman–Crippen MR) is 109 cm³/mol. The number of hydrogen-bond donors (Lipinski definition) is 2. The van der Waals surface area contributed by atoms with Crippen molar-refractivity contribution in [3.8, 4) is 11.5 Å². The molecular weight excluding hydrogens is 417 g/mol. The smallest absolute Gasteiger partial charge is 0.189 e. The van der Waals surface area contributed by atoms with Gasteiger partial charge in [0.25, 0.3) is 0 Å². The van der Waals surface area contributed by atoms with Crippen LogP contribution in [0.3, 0.4) is 0 Å². The van der Waals surface area contributed by atoms with Crippen molar-refractivity contribution in [2.45, 2.75) is 45.3 Å². The molecule has 0 bridgehead atoms. The summed E-state index contributed by atoms with van der Waals surface area (Å²) in [5.74, 6) is 2.04. The summed E-state index contributed by atoms with van der Waals surface area (Å²) in [5, 5.41) is 3.03. The van der Waals surface area contributed by atoms with Gasteiger partial charge >= 0.3 is 0 Å². The molecule has 0 unspecified atom stereocenters. The average molecular weight is 445 g/mol. The Morgan fingerprint density at radius 3 is 2.71 bits per heavy atom. The van der Waals surface area contributed by atoms with Crippen molar-refractivity contribution in [2.24, 2.45) is 10.7 Å². The predicted octanol–water partition coefficient (Wildman–Crippen LogP) is 3.62. The van der Waals surface area contributed by atoms with Crippen LogP contribution in [-0.4, -0.2) is 25.7 Å². The highest BCUT2D eigenvalue weighted by Gasteiger charge is 2.18. The van der Waals surface area contributed by atoms with E-state index in [2.05, 4.69) is 16.9 Å². The van der Waals surface area contributed by atoms with Gasteiger partial charge in [-0.2, -0.15) is 0 Å². The molecule has 1 aromatic rings. The number of aliphatic imine (C=N–C) groups is 1. The van der Waals surface area contributed by atoms with Crippen molar-refractivity contribution >= 4 is 29.9 Å². The lowest BCUT2D eigenvalue weighted by molar-refractivity contribution is 0.207. The first-order chi connectivity index (χ1) is 11.1. The van der Waals surface area contributed by atoms with Gasteiger partial charge < -0.3 is 20.5 Å². The molecule has 134 valence electrons. The SMILES string of the molecule is C=C(C)CNC(N)=NCc1ccc(OC)cc1OC1CCCC1.I. The Morgan fingerprint density at radius 1 is 1.38 bits per heavy atom. The van der Waals surface area contributed by atoms with Crippen LogP contribution in [0.25, 0.3) is 0 Å². The molecule has 0 aliphatic heterocycles. The summed E-state index contributed by atoms with van der Waals surface area (Å²) in [6.45, 7) is 6.87. The van der Waals surface area contributed by atoms with E-state index in [4.69, 9.17) is 15.2 Å². The highest BCUT2D eigenvalue weighted by Crippen LogP contribution is 2.30. The number of hydrogen-bond acceptors (Lipinski definition) is 3. The molecule has 0 atom stereocenters. The van der Waals surface area contributed by atoms with Crippen LogP contribution in [0.4, 0.5) is 0 Å². The number of methoxy groups -OCH3 is 1. The Kier molecular flexibility index (Phi) is 8.95. The quantitative estimate of drug-likeness (QED) is 0.291. The summed E-state index contributed by atoms with van der Waals surface area (Å²) >= 11 is 0. The average Bonchev–Trinajstić information content (AvgIpc) is 3.04. The Hall–Kier alpha value is -1.44. The first kappa shape index (κ1) is 20.6. The third kappa shape index (κ3) is 6.59. The third-order valence-electron chi connectivity index (χ3n) is 3.86. The molecule has 0 aromatic heterocycles. The second kappa shape index (κ2) is 10.4. The van der Waals surface area contributed by atoms with Gasteiger partial charge in [0.15, 0.2) is 5.96 Å². The van der Waals surface area contributed by atoms with Crippen molar-refractivity contribution < 1.29 is 9.47 Å². The number of ether oxygens (including phenoxy) is 2. The molecule has 2 rings (SSSR count). The molecule has 1 fully saturated rings.